The van der Waals surface area contributed by atoms with E-state index in [1.807, 2.05) is 30.3 Å². The fraction of sp³-hybridized carbons (Fsp3) is 0.281. The number of carbonyl (C=O) groups is 1. The van der Waals surface area contributed by atoms with Crippen molar-refractivity contribution < 1.29 is 22.8 Å². The molecule has 2 heterocycles. The molecule has 1 unspecified atom stereocenters. The highest BCUT2D eigenvalue weighted by Crippen LogP contribution is 2.45. The fourth-order valence-corrected chi connectivity index (χ4v) is 20.1. The number of rotatable bonds is 13. The first-order chi connectivity index (χ1) is 33.2. The maximum atomic E-state index is 16.2. The van der Waals surface area contributed by atoms with Crippen molar-refractivity contribution in [1.29, 1.82) is 0 Å². The molecule has 1 aliphatic heterocycles. The summed E-state index contributed by atoms with van der Waals surface area (Å²) in [6.07, 6.45) is 2.51. The number of anilines is 4. The van der Waals surface area contributed by atoms with Gasteiger partial charge in [-0.1, -0.05) is 181 Å². The summed E-state index contributed by atoms with van der Waals surface area (Å²) in [4.78, 5) is 28.8. The molecule has 0 bridgehead atoms. The molecule has 2 amide bonds. The molecule has 1 N–H and O–H groups in total. The van der Waals surface area contributed by atoms with Crippen LogP contribution in [-0.2, 0) is 15.4 Å². The molecule has 1 aliphatic carbocycles. The summed E-state index contributed by atoms with van der Waals surface area (Å²) in [7, 11) is -4.80. The summed E-state index contributed by atoms with van der Waals surface area (Å²) >= 11 is 0. The number of halogens is 1. The SMILES string of the molecule is COc1ccc(N2Cc3cnc(Nc4ccccc4)nc3N(C3C[C@@H](O[Si](c4ccccc4)(c4ccccc4)C(C)(C)C)C[C@@H](O[Si](c4ccccc4)(c4ccccc4)C(C)(C)C)C3)C2=O)c(F)c1. The molecule has 1 fully saturated rings. The highest BCUT2D eigenvalue weighted by atomic mass is 28.4. The predicted octanol–water partition coefficient (Wildman–Crippen LogP) is 10.8. The molecule has 0 radical (unpaired) electrons. The van der Waals surface area contributed by atoms with E-state index in [1.54, 1.807) is 23.2 Å². The summed E-state index contributed by atoms with van der Waals surface area (Å²) in [5.41, 5.74) is 1.63. The molecule has 7 aromatic rings. The van der Waals surface area contributed by atoms with E-state index in [0.717, 1.165) is 5.69 Å². The number of methoxy groups -OCH3 is 1. The number of urea groups is 1. The third kappa shape index (κ3) is 9.26. The summed E-state index contributed by atoms with van der Waals surface area (Å²) in [6, 6.07) is 56.2. The lowest BCUT2D eigenvalue weighted by molar-refractivity contribution is 0.0473. The third-order valence-corrected chi connectivity index (χ3v) is 24.0. The molecule has 9 rings (SSSR count). The number of amides is 2. The van der Waals surface area contributed by atoms with Gasteiger partial charge in [0.1, 0.15) is 11.6 Å². The van der Waals surface area contributed by atoms with Crippen molar-refractivity contribution in [2.24, 2.45) is 0 Å². The largest absolute Gasteiger partial charge is 0.497 e. The van der Waals surface area contributed by atoms with Gasteiger partial charge in [-0.05, 0) is 74.4 Å². The predicted molar refractivity (Wildman–Crippen MR) is 281 cm³/mol. The topological polar surface area (TPSA) is 89.1 Å². The van der Waals surface area contributed by atoms with Crippen molar-refractivity contribution in [3.8, 4) is 5.75 Å². The zero-order chi connectivity index (χ0) is 48.4. The second-order valence-corrected chi connectivity index (χ2v) is 28.8. The number of carbonyl (C=O) groups excluding carboxylic acids is 1. The lowest BCUT2D eigenvalue weighted by atomic mass is 9.89. The van der Waals surface area contributed by atoms with Gasteiger partial charge in [-0.15, -0.1) is 0 Å². The molecule has 2 aliphatic rings. The molecule has 6 aromatic carbocycles. The number of nitrogens with zero attached hydrogens (tertiary/aromatic N) is 4. The van der Waals surface area contributed by atoms with Crippen LogP contribution in [0.4, 0.5) is 32.3 Å². The molecule has 0 saturated heterocycles. The van der Waals surface area contributed by atoms with Crippen molar-refractivity contribution in [1.82, 2.24) is 9.97 Å². The first kappa shape index (κ1) is 47.6. The van der Waals surface area contributed by atoms with E-state index in [1.165, 1.54) is 38.8 Å². The van der Waals surface area contributed by atoms with Crippen LogP contribution in [-0.4, -0.2) is 58.0 Å². The average molecular weight is 956 g/mol. The molecule has 12 heteroatoms. The van der Waals surface area contributed by atoms with Crippen LogP contribution < -0.4 is 40.6 Å². The Hall–Kier alpha value is -6.45. The molecule has 3 atom stereocenters. The number of nitrogens with one attached hydrogen (secondary N) is 1. The van der Waals surface area contributed by atoms with E-state index in [0.29, 0.717) is 42.3 Å². The monoisotopic (exact) mass is 955 g/mol. The molecule has 1 saturated carbocycles. The van der Waals surface area contributed by atoms with Crippen molar-refractivity contribution in [3.05, 3.63) is 187 Å². The Morgan fingerprint density at radius 3 is 1.49 bits per heavy atom. The van der Waals surface area contributed by atoms with Crippen molar-refractivity contribution in [2.45, 2.75) is 95.7 Å². The lowest BCUT2D eigenvalue weighted by Gasteiger charge is -2.51. The second-order valence-electron chi connectivity index (χ2n) is 20.3. The minimum absolute atomic E-state index is 0.0657. The van der Waals surface area contributed by atoms with Gasteiger partial charge in [0.05, 0.1) is 31.5 Å². The van der Waals surface area contributed by atoms with Gasteiger partial charge < -0.3 is 18.9 Å². The minimum Gasteiger partial charge on any atom is -0.497 e. The highest BCUT2D eigenvalue weighted by molar-refractivity contribution is 7.00. The second kappa shape index (κ2) is 19.5. The van der Waals surface area contributed by atoms with E-state index in [9.17, 15) is 0 Å². The summed E-state index contributed by atoms with van der Waals surface area (Å²) in [5, 5.41) is 7.38. The van der Waals surface area contributed by atoms with Gasteiger partial charge in [-0.2, -0.15) is 4.98 Å². The van der Waals surface area contributed by atoms with Crippen LogP contribution in [0.15, 0.2) is 176 Å². The Kier molecular flexibility index (Phi) is 13.5. The van der Waals surface area contributed by atoms with Crippen molar-refractivity contribution in [2.75, 3.05) is 22.2 Å². The lowest BCUT2D eigenvalue weighted by Crippen LogP contribution is -2.70. The Balaban J connectivity index is 1.23. The molecular formula is C57H62FN5O4Si2. The normalized spacial score (nSPS) is 17.9. The van der Waals surface area contributed by atoms with E-state index >= 15 is 9.18 Å². The van der Waals surface area contributed by atoms with E-state index in [2.05, 4.69) is 168 Å². The zero-order valence-electron chi connectivity index (χ0n) is 40.6. The first-order valence-corrected chi connectivity index (χ1v) is 27.7. The number of hydrogen-bond acceptors (Lipinski definition) is 7. The van der Waals surface area contributed by atoms with Gasteiger partial charge in [0.15, 0.2) is 5.82 Å². The Morgan fingerprint density at radius 2 is 1.07 bits per heavy atom. The van der Waals surface area contributed by atoms with Crippen molar-refractivity contribution >= 4 is 66.6 Å². The number of benzene rings is 6. The van der Waals surface area contributed by atoms with Gasteiger partial charge in [0.25, 0.3) is 16.6 Å². The Morgan fingerprint density at radius 1 is 0.623 bits per heavy atom. The Bertz CT molecular complexity index is 2660. The standard InChI is InChI=1S/C57H62FN5O4Si2/c1-56(2,3)68(47-25-15-9-16-26-47,48-27-17-10-18-28-48)66-45-35-43(36-46(37-45)67-69(57(4,5)6,49-29-19-11-20-30-49)50-31-21-12-22-32-50)63-53-41(39-59-54(61-53)60-42-23-13-8-14-24-42)40-62(55(63)64)52-34-33-44(65-7)38-51(52)58/h8-34,38-39,43,45-46H,35-37,40H2,1-7H3,(H,59,60,61)/t43?,45-,46+. The van der Waals surface area contributed by atoms with Crippen molar-refractivity contribution in [3.63, 3.8) is 0 Å². The van der Waals surface area contributed by atoms with Crippen LogP contribution in [0.5, 0.6) is 5.75 Å². The number of aromatic nitrogens is 2. The number of para-hydroxylation sites is 1. The van der Waals surface area contributed by atoms with Crippen LogP contribution >= 0.6 is 0 Å². The molecule has 0 spiro atoms. The zero-order valence-corrected chi connectivity index (χ0v) is 42.6. The van der Waals surface area contributed by atoms with Crippen LogP contribution in [0.2, 0.25) is 10.1 Å². The molecule has 354 valence electrons. The first-order valence-electron chi connectivity index (χ1n) is 23.9. The van der Waals surface area contributed by atoms with Gasteiger partial charge in [-0.3, -0.25) is 9.80 Å². The number of hydrogen-bond donors (Lipinski definition) is 1. The summed E-state index contributed by atoms with van der Waals surface area (Å²) in [5.74, 6) is 0.604. The van der Waals surface area contributed by atoms with Gasteiger partial charge in [0.2, 0.25) is 5.95 Å². The minimum atomic E-state index is -3.15. The maximum absolute atomic E-state index is 16.2. The van der Waals surface area contributed by atoms with Gasteiger partial charge in [0, 0.05) is 29.6 Å². The fourth-order valence-electron chi connectivity index (χ4n) is 10.7. The quantitative estimate of drug-likeness (QED) is 0.115. The smallest absolute Gasteiger partial charge is 0.330 e. The number of ether oxygens (including phenoxy) is 1. The third-order valence-electron chi connectivity index (χ3n) is 13.8. The van der Waals surface area contributed by atoms with E-state index < -0.39 is 34.5 Å². The van der Waals surface area contributed by atoms with Gasteiger partial charge in [-0.25, -0.2) is 14.2 Å². The van der Waals surface area contributed by atoms with Crippen LogP contribution in [0.3, 0.4) is 0 Å². The highest BCUT2D eigenvalue weighted by Gasteiger charge is 2.56. The van der Waals surface area contributed by atoms with Gasteiger partial charge >= 0.3 is 6.03 Å². The molecule has 9 nitrogen and oxygen atoms in total. The maximum Gasteiger partial charge on any atom is 0.330 e. The summed E-state index contributed by atoms with van der Waals surface area (Å²) in [6.45, 7) is 13.8. The number of fused-ring (bicyclic) bond motifs is 1. The summed E-state index contributed by atoms with van der Waals surface area (Å²) < 4.78 is 37.7. The van der Waals surface area contributed by atoms with Crippen LogP contribution in [0.25, 0.3) is 0 Å². The van der Waals surface area contributed by atoms with Crippen LogP contribution in [0, 0.1) is 5.82 Å². The molecule has 69 heavy (non-hydrogen) atoms. The molecule has 1 aromatic heterocycles. The van der Waals surface area contributed by atoms with E-state index in [-0.39, 0.29) is 34.5 Å². The average Bonchev–Trinajstić information content (AvgIpc) is 3.35. The van der Waals surface area contributed by atoms with E-state index in [4.69, 9.17) is 23.6 Å². The van der Waals surface area contributed by atoms with Crippen LogP contribution in [0.1, 0.15) is 66.4 Å². The Labute approximate surface area is 408 Å². The molecular weight excluding hydrogens is 894 g/mol.